The Morgan fingerprint density at radius 3 is 2.77 bits per heavy atom. The second-order valence-corrected chi connectivity index (χ2v) is 6.92. The van der Waals surface area contributed by atoms with Gasteiger partial charge in [0.25, 0.3) is 0 Å². The number of aromatic nitrogens is 2. The molecule has 0 amide bonds. The monoisotopic (exact) mass is 379 g/mol. The van der Waals surface area contributed by atoms with Gasteiger partial charge in [0, 0.05) is 24.2 Å². The number of piperidine rings is 1. The molecule has 1 saturated heterocycles. The van der Waals surface area contributed by atoms with Crippen molar-refractivity contribution in [2.24, 2.45) is 5.73 Å². The Kier molecular flexibility index (Phi) is 5.15. The van der Waals surface area contributed by atoms with E-state index in [2.05, 4.69) is 15.3 Å². The molecule has 8 N–H and O–H groups in total. The zero-order chi connectivity index (χ0) is 18.9. The van der Waals surface area contributed by atoms with Crippen LogP contribution in [0.2, 0.25) is 0 Å². The van der Waals surface area contributed by atoms with Crippen LogP contribution in [-0.4, -0.2) is 57.4 Å². The molecule has 0 bridgehead atoms. The molecule has 1 atom stereocenters. The number of nitrogen functional groups attached to an aromatic ring is 1. The van der Waals surface area contributed by atoms with Crippen LogP contribution in [-0.2, 0) is 0 Å². The van der Waals surface area contributed by atoms with E-state index in [4.69, 9.17) is 28.5 Å². The van der Waals surface area contributed by atoms with Crippen LogP contribution < -0.4 is 21.7 Å². The third-order valence-electron chi connectivity index (χ3n) is 4.69. The van der Waals surface area contributed by atoms with Crippen molar-refractivity contribution in [1.82, 2.24) is 15.3 Å². The lowest BCUT2D eigenvalue weighted by Crippen LogP contribution is -2.53. The van der Waals surface area contributed by atoms with Gasteiger partial charge in [-0.25, -0.2) is 9.97 Å². The van der Waals surface area contributed by atoms with Gasteiger partial charge in [-0.15, -0.1) is 0 Å². The van der Waals surface area contributed by atoms with Crippen LogP contribution in [0.25, 0.3) is 0 Å². The number of nitrogens with two attached hydrogens (primary N) is 2. The molecule has 2 aliphatic heterocycles. The molecule has 1 fully saturated rings. The average molecular weight is 380 g/mol. The molecule has 1 aromatic rings. The summed E-state index contributed by atoms with van der Waals surface area (Å²) in [6.45, 7) is 1.23. The summed E-state index contributed by atoms with van der Waals surface area (Å²) < 4.78 is 0. The second-order valence-electron chi connectivity index (χ2n) is 6.51. The van der Waals surface area contributed by atoms with Crippen LogP contribution in [0.3, 0.4) is 0 Å². The summed E-state index contributed by atoms with van der Waals surface area (Å²) in [7, 11) is 0. The molecule has 0 aliphatic carbocycles. The highest BCUT2D eigenvalue weighted by Gasteiger charge is 2.31. The maximum atomic E-state index is 9.74. The van der Waals surface area contributed by atoms with Gasteiger partial charge >= 0.3 is 0 Å². The van der Waals surface area contributed by atoms with Crippen LogP contribution >= 0.6 is 11.6 Å². The molecule has 3 heterocycles. The van der Waals surface area contributed by atoms with Crippen molar-refractivity contribution in [2.75, 3.05) is 30.3 Å². The van der Waals surface area contributed by atoms with Crippen molar-refractivity contribution in [3.05, 3.63) is 34.8 Å². The van der Waals surface area contributed by atoms with Gasteiger partial charge < -0.3 is 31.9 Å². The van der Waals surface area contributed by atoms with Crippen molar-refractivity contribution >= 4 is 28.9 Å². The van der Waals surface area contributed by atoms with Gasteiger partial charge in [0.15, 0.2) is 12.0 Å². The fourth-order valence-electron chi connectivity index (χ4n) is 2.93. The van der Waals surface area contributed by atoms with Gasteiger partial charge in [0.05, 0.1) is 23.5 Å². The number of hydrogen-bond acceptors (Lipinski definition) is 9. The fraction of sp³-hybridized carbons (Fsp3) is 0.438. The third-order valence-corrected chi connectivity index (χ3v) is 5.10. The summed E-state index contributed by atoms with van der Waals surface area (Å²) in [4.78, 5) is 10.6. The Morgan fingerprint density at radius 1 is 1.46 bits per heavy atom. The quantitative estimate of drug-likeness (QED) is 0.387. The standard InChI is InChI=1S/C16H22ClN7O2/c17-11-9(1-4-21-15(11)26)12(18)13-14(19)23-10(7-22-13)24-5-2-16(20,8-25)3-6-24/h1,4,7,15,18,21,25-26H,2-3,5-6,8,20H2,(H2,19,23). The van der Waals surface area contributed by atoms with Crippen LogP contribution in [0, 0.1) is 5.41 Å². The predicted octanol–water partition coefficient (Wildman–Crippen LogP) is -0.355. The molecule has 1 aromatic heterocycles. The minimum atomic E-state index is -1.07. The summed E-state index contributed by atoms with van der Waals surface area (Å²) in [5.74, 6) is 0.706. The number of allylic oxidation sites excluding steroid dienone is 2. The molecular weight excluding hydrogens is 358 g/mol. The van der Waals surface area contributed by atoms with Crippen molar-refractivity contribution in [2.45, 2.75) is 24.6 Å². The summed E-state index contributed by atoms with van der Waals surface area (Å²) in [6.07, 6.45) is 4.85. The first-order valence-corrected chi connectivity index (χ1v) is 8.59. The minimum Gasteiger partial charge on any atom is -0.394 e. The topological polar surface area (TPSA) is 157 Å². The number of nitrogens with zero attached hydrogens (tertiary/aromatic N) is 3. The van der Waals surface area contributed by atoms with E-state index in [9.17, 15) is 10.2 Å². The molecule has 10 heteroatoms. The van der Waals surface area contributed by atoms with Gasteiger partial charge in [0.1, 0.15) is 11.5 Å². The number of aliphatic hydroxyl groups excluding tert-OH is 2. The number of nitrogens with one attached hydrogen (secondary N) is 2. The maximum absolute atomic E-state index is 9.74. The third kappa shape index (κ3) is 3.51. The van der Waals surface area contributed by atoms with Crippen LogP contribution in [0.5, 0.6) is 0 Å². The smallest absolute Gasteiger partial charge is 0.161 e. The van der Waals surface area contributed by atoms with E-state index in [1.807, 2.05) is 4.90 Å². The van der Waals surface area contributed by atoms with Crippen LogP contribution in [0.1, 0.15) is 18.5 Å². The highest BCUT2D eigenvalue weighted by atomic mass is 35.5. The lowest BCUT2D eigenvalue weighted by atomic mass is 9.90. The maximum Gasteiger partial charge on any atom is 0.161 e. The Hall–Kier alpha value is -2.20. The molecule has 0 spiro atoms. The number of halogens is 1. The molecule has 3 rings (SSSR count). The van der Waals surface area contributed by atoms with Crippen molar-refractivity contribution < 1.29 is 10.2 Å². The normalized spacial score (nSPS) is 22.3. The van der Waals surface area contributed by atoms with Gasteiger partial charge in [-0.3, -0.25) is 5.41 Å². The van der Waals surface area contributed by atoms with Gasteiger partial charge in [0.2, 0.25) is 0 Å². The number of rotatable bonds is 4. The number of dihydropyridines is 1. The molecule has 2 aliphatic rings. The molecule has 0 saturated carbocycles. The van der Waals surface area contributed by atoms with Crippen LogP contribution in [0.15, 0.2) is 29.1 Å². The Balaban J connectivity index is 1.79. The van der Waals surface area contributed by atoms with E-state index < -0.39 is 11.8 Å². The zero-order valence-electron chi connectivity index (χ0n) is 14.1. The van der Waals surface area contributed by atoms with Gasteiger partial charge in [-0.2, -0.15) is 0 Å². The first-order chi connectivity index (χ1) is 12.3. The summed E-state index contributed by atoms with van der Waals surface area (Å²) in [6, 6.07) is 0. The van der Waals surface area contributed by atoms with E-state index in [1.54, 1.807) is 12.3 Å². The summed E-state index contributed by atoms with van der Waals surface area (Å²) in [5, 5.41) is 30.1. The van der Waals surface area contributed by atoms with E-state index in [-0.39, 0.29) is 28.9 Å². The minimum absolute atomic E-state index is 0.0109. The zero-order valence-corrected chi connectivity index (χ0v) is 14.9. The fourth-order valence-corrected chi connectivity index (χ4v) is 3.15. The van der Waals surface area contributed by atoms with Gasteiger partial charge in [-0.1, -0.05) is 11.6 Å². The van der Waals surface area contributed by atoms with E-state index in [0.717, 1.165) is 0 Å². The first kappa shape index (κ1) is 18.6. The second kappa shape index (κ2) is 7.20. The number of hydrogen-bond donors (Lipinski definition) is 6. The molecule has 140 valence electrons. The Bertz CT molecular complexity index is 772. The molecule has 0 radical (unpaired) electrons. The molecule has 0 aromatic carbocycles. The lowest BCUT2D eigenvalue weighted by Gasteiger charge is -2.38. The van der Waals surface area contributed by atoms with E-state index in [1.165, 1.54) is 6.20 Å². The SMILES string of the molecule is N=C(C1=C(Cl)C(O)NC=C1)c1ncc(N2CCC(N)(CO)CC2)nc1N. The summed E-state index contributed by atoms with van der Waals surface area (Å²) in [5.41, 5.74) is 12.1. The average Bonchev–Trinajstić information content (AvgIpc) is 2.64. The van der Waals surface area contributed by atoms with Gasteiger partial charge in [-0.05, 0) is 25.1 Å². The van der Waals surface area contributed by atoms with Crippen molar-refractivity contribution in [3.63, 3.8) is 0 Å². The molecule has 1 unspecified atom stereocenters. The van der Waals surface area contributed by atoms with E-state index in [0.29, 0.717) is 37.3 Å². The molecule has 26 heavy (non-hydrogen) atoms. The Labute approximate surface area is 155 Å². The Morgan fingerprint density at radius 2 is 2.15 bits per heavy atom. The molecular formula is C16H22ClN7O2. The van der Waals surface area contributed by atoms with Crippen molar-refractivity contribution in [1.29, 1.82) is 5.41 Å². The molecule has 9 nitrogen and oxygen atoms in total. The number of anilines is 2. The first-order valence-electron chi connectivity index (χ1n) is 8.21. The highest BCUT2D eigenvalue weighted by Crippen LogP contribution is 2.26. The predicted molar refractivity (Wildman–Crippen MR) is 99.9 cm³/mol. The number of aliphatic hydroxyl groups is 2. The lowest BCUT2D eigenvalue weighted by molar-refractivity contribution is 0.170. The summed E-state index contributed by atoms with van der Waals surface area (Å²) >= 11 is 6.07. The van der Waals surface area contributed by atoms with Crippen LogP contribution in [0.4, 0.5) is 11.6 Å². The largest absolute Gasteiger partial charge is 0.394 e. The van der Waals surface area contributed by atoms with E-state index >= 15 is 0 Å². The van der Waals surface area contributed by atoms with Crippen molar-refractivity contribution in [3.8, 4) is 0 Å². The highest BCUT2D eigenvalue weighted by molar-refractivity contribution is 6.34.